The highest BCUT2D eigenvalue weighted by Gasteiger charge is 2.54. The van der Waals surface area contributed by atoms with E-state index in [1.54, 1.807) is 0 Å². The van der Waals surface area contributed by atoms with Crippen LogP contribution in [0.5, 0.6) is 0 Å². The Labute approximate surface area is 96.2 Å². The SMILES string of the molecule is O=C1OC(=O)[C@@H]2CC[C@@H]3C(=O)OC(=O)[C@@H]3CC12. The second-order valence-electron chi connectivity index (χ2n) is 4.72. The summed E-state index contributed by atoms with van der Waals surface area (Å²) < 4.78 is 9.12. The molecule has 0 amide bonds. The lowest BCUT2D eigenvalue weighted by molar-refractivity contribution is -0.155. The van der Waals surface area contributed by atoms with E-state index in [1.807, 2.05) is 0 Å². The Balaban J connectivity index is 1.91. The van der Waals surface area contributed by atoms with Gasteiger partial charge >= 0.3 is 23.9 Å². The first kappa shape index (κ1) is 10.4. The number of cyclic esters (lactones) is 4. The van der Waals surface area contributed by atoms with E-state index < -0.39 is 47.5 Å². The molecule has 17 heavy (non-hydrogen) atoms. The molecule has 3 fully saturated rings. The molecule has 0 N–H and O–H groups in total. The number of esters is 4. The predicted octanol–water partition coefficient (Wildman–Crippen LogP) is -0.198. The second kappa shape index (κ2) is 3.38. The molecule has 90 valence electrons. The minimum absolute atomic E-state index is 0.185. The molecule has 0 bridgehead atoms. The molecular formula is C11H10O6. The zero-order valence-corrected chi connectivity index (χ0v) is 8.88. The molecule has 0 spiro atoms. The molecule has 4 atom stereocenters. The molecule has 0 aromatic carbocycles. The summed E-state index contributed by atoms with van der Waals surface area (Å²) in [4.78, 5) is 45.8. The maximum atomic E-state index is 11.5. The van der Waals surface area contributed by atoms with Gasteiger partial charge < -0.3 is 9.47 Å². The third-order valence-electron chi connectivity index (χ3n) is 3.88. The Bertz CT molecular complexity index is 399. The molecule has 6 heteroatoms. The lowest BCUT2D eigenvalue weighted by Crippen LogP contribution is -2.22. The molecule has 6 nitrogen and oxygen atoms in total. The number of ether oxygens (including phenoxy) is 2. The first-order valence-electron chi connectivity index (χ1n) is 5.59. The summed E-state index contributed by atoms with van der Waals surface area (Å²) in [5.74, 6) is -4.36. The van der Waals surface area contributed by atoms with Gasteiger partial charge in [-0.3, -0.25) is 19.2 Å². The Kier molecular flexibility index (Phi) is 2.08. The molecule has 0 radical (unpaired) electrons. The number of carbonyl (C=O) groups is 4. The average Bonchev–Trinajstić information content (AvgIpc) is 2.59. The Morgan fingerprint density at radius 1 is 0.647 bits per heavy atom. The maximum Gasteiger partial charge on any atom is 0.317 e. The summed E-state index contributed by atoms with van der Waals surface area (Å²) in [6.07, 6.45) is 0.988. The molecule has 0 aromatic rings. The van der Waals surface area contributed by atoms with Crippen molar-refractivity contribution >= 4 is 23.9 Å². The first-order valence-corrected chi connectivity index (χ1v) is 5.59. The monoisotopic (exact) mass is 238 g/mol. The van der Waals surface area contributed by atoms with Crippen LogP contribution in [0.25, 0.3) is 0 Å². The van der Waals surface area contributed by atoms with Gasteiger partial charge in [0, 0.05) is 0 Å². The van der Waals surface area contributed by atoms with Gasteiger partial charge in [-0.25, -0.2) is 0 Å². The van der Waals surface area contributed by atoms with E-state index in [4.69, 9.17) is 0 Å². The van der Waals surface area contributed by atoms with Crippen LogP contribution in [0.4, 0.5) is 0 Å². The van der Waals surface area contributed by atoms with Crippen molar-refractivity contribution in [1.82, 2.24) is 0 Å². The van der Waals surface area contributed by atoms with Crippen LogP contribution < -0.4 is 0 Å². The molecule has 2 aliphatic heterocycles. The number of carbonyl (C=O) groups excluding carboxylic acids is 4. The van der Waals surface area contributed by atoms with Crippen molar-refractivity contribution in [2.75, 3.05) is 0 Å². The van der Waals surface area contributed by atoms with Gasteiger partial charge in [0.2, 0.25) is 0 Å². The van der Waals surface area contributed by atoms with Crippen molar-refractivity contribution < 1.29 is 28.7 Å². The van der Waals surface area contributed by atoms with Gasteiger partial charge in [0.25, 0.3) is 0 Å². The smallest absolute Gasteiger partial charge is 0.317 e. The van der Waals surface area contributed by atoms with Crippen LogP contribution in [0, 0.1) is 23.7 Å². The van der Waals surface area contributed by atoms with E-state index in [9.17, 15) is 19.2 Å². The lowest BCUT2D eigenvalue weighted by Gasteiger charge is -2.10. The molecule has 1 saturated carbocycles. The summed E-state index contributed by atoms with van der Waals surface area (Å²) in [5, 5.41) is 0. The number of hydrogen-bond donors (Lipinski definition) is 0. The minimum Gasteiger partial charge on any atom is -0.393 e. The van der Waals surface area contributed by atoms with E-state index in [-0.39, 0.29) is 6.42 Å². The molecule has 1 aliphatic carbocycles. The van der Waals surface area contributed by atoms with Crippen molar-refractivity contribution in [3.05, 3.63) is 0 Å². The predicted molar refractivity (Wildman–Crippen MR) is 50.0 cm³/mol. The fraction of sp³-hybridized carbons (Fsp3) is 0.636. The fourth-order valence-electron chi connectivity index (χ4n) is 2.95. The third-order valence-corrected chi connectivity index (χ3v) is 3.88. The third kappa shape index (κ3) is 1.40. The number of hydrogen-bond acceptors (Lipinski definition) is 6. The highest BCUT2D eigenvalue weighted by Crippen LogP contribution is 2.43. The van der Waals surface area contributed by atoms with Crippen LogP contribution in [0.3, 0.4) is 0 Å². The van der Waals surface area contributed by atoms with Gasteiger partial charge in [-0.05, 0) is 19.3 Å². The van der Waals surface area contributed by atoms with E-state index >= 15 is 0 Å². The molecule has 0 aromatic heterocycles. The Morgan fingerprint density at radius 2 is 1.00 bits per heavy atom. The van der Waals surface area contributed by atoms with Gasteiger partial charge in [-0.2, -0.15) is 0 Å². The Hall–Kier alpha value is -1.72. The average molecular weight is 238 g/mol. The standard InChI is InChI=1S/C11H10O6/c12-8-4-1-2-5-7(11(15)17-9(5)13)3-6(4)10(14)16-8/h4-7H,1-3H2/t4-,5+,6+,7?/m0/s1. The van der Waals surface area contributed by atoms with Gasteiger partial charge in [-0.15, -0.1) is 0 Å². The van der Waals surface area contributed by atoms with Gasteiger partial charge in [0.1, 0.15) is 0 Å². The normalized spacial score (nSPS) is 40.5. The molecule has 3 aliphatic rings. The zero-order valence-electron chi connectivity index (χ0n) is 8.88. The molecule has 2 saturated heterocycles. The fourth-order valence-corrected chi connectivity index (χ4v) is 2.95. The highest BCUT2D eigenvalue weighted by atomic mass is 16.6. The quantitative estimate of drug-likeness (QED) is 0.429. The van der Waals surface area contributed by atoms with Crippen LogP contribution in [-0.4, -0.2) is 23.9 Å². The van der Waals surface area contributed by atoms with Crippen LogP contribution in [0.15, 0.2) is 0 Å². The van der Waals surface area contributed by atoms with E-state index in [2.05, 4.69) is 9.47 Å². The van der Waals surface area contributed by atoms with E-state index in [1.165, 1.54) is 0 Å². The van der Waals surface area contributed by atoms with Gasteiger partial charge in [0.15, 0.2) is 0 Å². The Morgan fingerprint density at radius 3 is 1.41 bits per heavy atom. The van der Waals surface area contributed by atoms with Crippen molar-refractivity contribution in [3.63, 3.8) is 0 Å². The minimum atomic E-state index is -0.587. The van der Waals surface area contributed by atoms with Crippen LogP contribution in [0.1, 0.15) is 19.3 Å². The lowest BCUT2D eigenvalue weighted by atomic mass is 9.86. The summed E-state index contributed by atoms with van der Waals surface area (Å²) in [7, 11) is 0. The molecule has 3 rings (SSSR count). The molecule has 2 heterocycles. The highest BCUT2D eigenvalue weighted by molar-refractivity contribution is 5.99. The summed E-state index contributed by atoms with van der Waals surface area (Å²) >= 11 is 0. The van der Waals surface area contributed by atoms with Crippen molar-refractivity contribution in [2.45, 2.75) is 19.3 Å². The number of fused-ring (bicyclic) bond motifs is 2. The zero-order chi connectivity index (χ0) is 12.2. The van der Waals surface area contributed by atoms with E-state index in [0.717, 1.165) is 0 Å². The molecular weight excluding hydrogens is 228 g/mol. The van der Waals surface area contributed by atoms with Crippen molar-refractivity contribution in [3.8, 4) is 0 Å². The summed E-state index contributed by atoms with van der Waals surface area (Å²) in [5.41, 5.74) is 0. The van der Waals surface area contributed by atoms with Gasteiger partial charge in [0.05, 0.1) is 23.7 Å². The summed E-state index contributed by atoms with van der Waals surface area (Å²) in [6.45, 7) is 0. The largest absolute Gasteiger partial charge is 0.393 e. The van der Waals surface area contributed by atoms with E-state index in [0.29, 0.717) is 12.8 Å². The van der Waals surface area contributed by atoms with Crippen molar-refractivity contribution in [1.29, 1.82) is 0 Å². The van der Waals surface area contributed by atoms with Gasteiger partial charge in [-0.1, -0.05) is 0 Å². The second-order valence-corrected chi connectivity index (χ2v) is 4.72. The first-order chi connectivity index (χ1) is 8.08. The topological polar surface area (TPSA) is 86.7 Å². The van der Waals surface area contributed by atoms with Crippen LogP contribution in [0.2, 0.25) is 0 Å². The van der Waals surface area contributed by atoms with Crippen molar-refractivity contribution in [2.24, 2.45) is 23.7 Å². The maximum absolute atomic E-state index is 11.5. The van der Waals surface area contributed by atoms with Crippen LogP contribution >= 0.6 is 0 Å². The summed E-state index contributed by atoms with van der Waals surface area (Å²) in [6, 6.07) is 0. The van der Waals surface area contributed by atoms with Crippen LogP contribution in [-0.2, 0) is 28.7 Å². The number of rotatable bonds is 0. The molecule has 1 unspecified atom stereocenters.